The van der Waals surface area contributed by atoms with Crippen molar-refractivity contribution in [2.45, 2.75) is 43.8 Å². The van der Waals surface area contributed by atoms with Gasteiger partial charge in [-0.25, -0.2) is 0 Å². The fourth-order valence-electron chi connectivity index (χ4n) is 3.07. The number of halogens is 3. The Morgan fingerprint density at radius 1 is 1.05 bits per heavy atom. The van der Waals surface area contributed by atoms with Crippen LogP contribution >= 0.6 is 0 Å². The van der Waals surface area contributed by atoms with Crippen LogP contribution < -0.4 is 5.73 Å². The summed E-state index contributed by atoms with van der Waals surface area (Å²) in [5, 5.41) is 0.574. The predicted molar refractivity (Wildman–Crippen MR) is 72.3 cm³/mol. The smallest absolute Gasteiger partial charge is 0.351 e. The van der Waals surface area contributed by atoms with Gasteiger partial charge in [-0.3, -0.25) is 0 Å². The summed E-state index contributed by atoms with van der Waals surface area (Å²) in [6.07, 6.45) is 0.795. The van der Waals surface area contributed by atoms with Crippen molar-refractivity contribution >= 4 is 10.9 Å². The molecule has 0 unspecified atom stereocenters. The SMILES string of the molecule is NC1(c2ccc3[nH]c(C(F)(F)F)cc3c2)CCCCC1. The van der Waals surface area contributed by atoms with Crippen molar-refractivity contribution in [3.63, 3.8) is 0 Å². The van der Waals surface area contributed by atoms with Gasteiger partial charge in [0.05, 0.1) is 0 Å². The molecule has 108 valence electrons. The minimum atomic E-state index is -4.34. The molecule has 1 aliphatic rings. The molecule has 2 nitrogen and oxygen atoms in total. The molecular weight excluding hydrogens is 265 g/mol. The van der Waals surface area contributed by atoms with Gasteiger partial charge in [-0.15, -0.1) is 0 Å². The number of hydrogen-bond donors (Lipinski definition) is 2. The minimum Gasteiger partial charge on any atom is -0.351 e. The molecule has 0 spiro atoms. The van der Waals surface area contributed by atoms with Crippen LogP contribution in [0.2, 0.25) is 0 Å². The number of benzene rings is 1. The molecule has 0 aliphatic heterocycles. The van der Waals surface area contributed by atoms with Crippen LogP contribution in [-0.4, -0.2) is 4.98 Å². The van der Waals surface area contributed by atoms with Gasteiger partial charge in [-0.1, -0.05) is 25.3 Å². The Morgan fingerprint density at radius 2 is 1.75 bits per heavy atom. The first-order valence-electron chi connectivity index (χ1n) is 6.88. The molecule has 0 saturated heterocycles. The molecule has 1 aromatic heterocycles. The highest BCUT2D eigenvalue weighted by atomic mass is 19.4. The Kier molecular flexibility index (Phi) is 3.05. The van der Waals surface area contributed by atoms with Crippen molar-refractivity contribution in [3.05, 3.63) is 35.5 Å². The fraction of sp³-hybridized carbons (Fsp3) is 0.467. The van der Waals surface area contributed by atoms with E-state index in [1.165, 1.54) is 6.42 Å². The van der Waals surface area contributed by atoms with E-state index in [0.29, 0.717) is 10.9 Å². The summed E-state index contributed by atoms with van der Waals surface area (Å²) in [5.41, 5.74) is 6.78. The Balaban J connectivity index is 2.02. The molecule has 1 saturated carbocycles. The largest absolute Gasteiger partial charge is 0.431 e. The van der Waals surface area contributed by atoms with Crippen LogP contribution in [0.4, 0.5) is 13.2 Å². The number of aromatic nitrogens is 1. The zero-order chi connectivity index (χ0) is 14.4. The van der Waals surface area contributed by atoms with Gasteiger partial charge in [0, 0.05) is 16.4 Å². The van der Waals surface area contributed by atoms with E-state index in [1.807, 2.05) is 6.07 Å². The van der Waals surface area contributed by atoms with Gasteiger partial charge < -0.3 is 10.7 Å². The van der Waals surface area contributed by atoms with Crippen LogP contribution in [0.15, 0.2) is 24.3 Å². The summed E-state index contributed by atoms with van der Waals surface area (Å²) in [5.74, 6) is 0. The van der Waals surface area contributed by atoms with Gasteiger partial charge in [0.2, 0.25) is 0 Å². The molecule has 5 heteroatoms. The summed E-state index contributed by atoms with van der Waals surface area (Å²) in [6.45, 7) is 0. The third-order valence-electron chi connectivity index (χ3n) is 4.25. The number of hydrogen-bond acceptors (Lipinski definition) is 1. The standard InChI is InChI=1S/C15H17F3N2/c16-15(17,18)13-9-10-8-11(4-5-12(10)20-13)14(19)6-2-1-3-7-14/h4-5,8-9,20H,1-3,6-7,19H2. The molecular formula is C15H17F3N2. The second kappa shape index (κ2) is 4.52. The van der Waals surface area contributed by atoms with Crippen molar-refractivity contribution in [1.82, 2.24) is 4.98 Å². The van der Waals surface area contributed by atoms with Gasteiger partial charge in [0.1, 0.15) is 5.69 Å². The van der Waals surface area contributed by atoms with Gasteiger partial charge in [0.15, 0.2) is 0 Å². The average Bonchev–Trinajstić information content (AvgIpc) is 2.82. The van der Waals surface area contributed by atoms with E-state index in [2.05, 4.69) is 4.98 Å². The maximum atomic E-state index is 12.7. The monoisotopic (exact) mass is 282 g/mol. The quantitative estimate of drug-likeness (QED) is 0.804. The maximum Gasteiger partial charge on any atom is 0.431 e. The highest BCUT2D eigenvalue weighted by molar-refractivity contribution is 5.81. The lowest BCUT2D eigenvalue weighted by atomic mass is 9.77. The minimum absolute atomic E-state index is 0.387. The lowest BCUT2D eigenvalue weighted by Crippen LogP contribution is -2.38. The Hall–Kier alpha value is -1.49. The molecule has 0 atom stereocenters. The lowest BCUT2D eigenvalue weighted by molar-refractivity contribution is -0.140. The van der Waals surface area contributed by atoms with Crippen molar-refractivity contribution in [1.29, 1.82) is 0 Å². The molecule has 0 amide bonds. The zero-order valence-electron chi connectivity index (χ0n) is 11.1. The van der Waals surface area contributed by atoms with Crippen molar-refractivity contribution < 1.29 is 13.2 Å². The molecule has 0 radical (unpaired) electrons. The van der Waals surface area contributed by atoms with Crippen LogP contribution in [0.3, 0.4) is 0 Å². The lowest BCUT2D eigenvalue weighted by Gasteiger charge is -2.34. The number of rotatable bonds is 1. The third-order valence-corrected chi connectivity index (χ3v) is 4.25. The number of H-pyrrole nitrogens is 1. The van der Waals surface area contributed by atoms with Crippen molar-refractivity contribution in [3.8, 4) is 0 Å². The van der Waals surface area contributed by atoms with Crippen molar-refractivity contribution in [2.75, 3.05) is 0 Å². The molecule has 1 aromatic carbocycles. The van der Waals surface area contributed by atoms with Gasteiger partial charge >= 0.3 is 6.18 Å². The average molecular weight is 282 g/mol. The zero-order valence-corrected chi connectivity index (χ0v) is 11.1. The van der Waals surface area contributed by atoms with E-state index in [-0.39, 0.29) is 5.54 Å². The Labute approximate surface area is 115 Å². The molecule has 3 rings (SSSR count). The van der Waals surface area contributed by atoms with E-state index < -0.39 is 11.9 Å². The van der Waals surface area contributed by atoms with Crippen LogP contribution in [0.25, 0.3) is 10.9 Å². The fourth-order valence-corrected chi connectivity index (χ4v) is 3.07. The molecule has 2 aromatic rings. The third kappa shape index (κ3) is 2.30. The first kappa shape index (κ1) is 13.5. The van der Waals surface area contributed by atoms with E-state index >= 15 is 0 Å². The first-order valence-corrected chi connectivity index (χ1v) is 6.88. The number of fused-ring (bicyclic) bond motifs is 1. The highest BCUT2D eigenvalue weighted by Gasteiger charge is 2.33. The normalized spacial score (nSPS) is 19.4. The summed E-state index contributed by atoms with van der Waals surface area (Å²) in [6, 6.07) is 6.50. The van der Waals surface area contributed by atoms with Crippen LogP contribution in [-0.2, 0) is 11.7 Å². The summed E-state index contributed by atoms with van der Waals surface area (Å²) in [7, 11) is 0. The van der Waals surface area contributed by atoms with Crippen LogP contribution in [0, 0.1) is 0 Å². The molecule has 0 bridgehead atoms. The molecule has 1 fully saturated rings. The Morgan fingerprint density at radius 3 is 2.40 bits per heavy atom. The van der Waals surface area contributed by atoms with Crippen LogP contribution in [0.1, 0.15) is 43.4 Å². The van der Waals surface area contributed by atoms with E-state index in [0.717, 1.165) is 37.3 Å². The highest BCUT2D eigenvalue weighted by Crippen LogP contribution is 2.37. The van der Waals surface area contributed by atoms with E-state index in [4.69, 9.17) is 5.73 Å². The molecule has 1 heterocycles. The molecule has 3 N–H and O–H groups in total. The second-order valence-electron chi connectivity index (χ2n) is 5.70. The van der Waals surface area contributed by atoms with E-state index in [9.17, 15) is 13.2 Å². The van der Waals surface area contributed by atoms with Gasteiger partial charge in [0.25, 0.3) is 0 Å². The number of aromatic amines is 1. The number of alkyl halides is 3. The second-order valence-corrected chi connectivity index (χ2v) is 5.70. The summed E-state index contributed by atoms with van der Waals surface area (Å²) >= 11 is 0. The molecule has 1 aliphatic carbocycles. The summed E-state index contributed by atoms with van der Waals surface area (Å²) < 4.78 is 38.1. The van der Waals surface area contributed by atoms with Crippen LogP contribution in [0.5, 0.6) is 0 Å². The number of nitrogens with two attached hydrogens (primary N) is 1. The first-order chi connectivity index (χ1) is 9.38. The predicted octanol–water partition coefficient (Wildman–Crippen LogP) is 4.30. The summed E-state index contributed by atoms with van der Waals surface area (Å²) in [4.78, 5) is 2.41. The van der Waals surface area contributed by atoms with Gasteiger partial charge in [-0.05, 0) is 36.6 Å². The molecule has 20 heavy (non-hydrogen) atoms. The number of nitrogens with one attached hydrogen (secondary N) is 1. The maximum absolute atomic E-state index is 12.7. The van der Waals surface area contributed by atoms with E-state index in [1.54, 1.807) is 12.1 Å². The van der Waals surface area contributed by atoms with Crippen molar-refractivity contribution in [2.24, 2.45) is 5.73 Å². The Bertz CT molecular complexity index is 622. The topological polar surface area (TPSA) is 41.8 Å². The van der Waals surface area contributed by atoms with Gasteiger partial charge in [-0.2, -0.15) is 13.2 Å².